The SMILES string of the molecule is CN(C)c1nc(Cc2ccc(N(C)C(=O)/C=C/c3ccccc3)cc2)nc(Cl)c1CC(=O)O. The third-order valence-electron chi connectivity index (χ3n) is 4.97. The van der Waals surface area contributed by atoms with Crippen LogP contribution in [0, 0.1) is 0 Å². The zero-order valence-corrected chi connectivity index (χ0v) is 19.5. The van der Waals surface area contributed by atoms with Crippen LogP contribution in [-0.2, 0) is 22.4 Å². The van der Waals surface area contributed by atoms with E-state index in [1.807, 2.05) is 54.6 Å². The molecule has 2 aromatic carbocycles. The maximum Gasteiger partial charge on any atom is 0.308 e. The average molecular weight is 465 g/mol. The molecule has 1 heterocycles. The largest absolute Gasteiger partial charge is 0.481 e. The molecule has 0 atom stereocenters. The van der Waals surface area contributed by atoms with E-state index in [9.17, 15) is 9.59 Å². The molecule has 1 aromatic heterocycles. The summed E-state index contributed by atoms with van der Waals surface area (Å²) >= 11 is 6.27. The second kappa shape index (κ2) is 10.7. The number of amides is 1. The molecular weight excluding hydrogens is 440 g/mol. The van der Waals surface area contributed by atoms with Gasteiger partial charge in [0.25, 0.3) is 5.91 Å². The molecule has 0 aliphatic heterocycles. The summed E-state index contributed by atoms with van der Waals surface area (Å²) in [5.41, 5.74) is 3.04. The number of rotatable bonds is 8. The summed E-state index contributed by atoms with van der Waals surface area (Å²) in [6.07, 6.45) is 3.49. The highest BCUT2D eigenvalue weighted by atomic mass is 35.5. The zero-order chi connectivity index (χ0) is 24.0. The minimum Gasteiger partial charge on any atom is -0.481 e. The highest BCUT2D eigenvalue weighted by Crippen LogP contribution is 2.25. The van der Waals surface area contributed by atoms with Gasteiger partial charge in [0.1, 0.15) is 16.8 Å². The Labute approximate surface area is 198 Å². The molecule has 0 radical (unpaired) electrons. The minimum atomic E-state index is -0.996. The molecule has 3 rings (SSSR count). The van der Waals surface area contributed by atoms with Crippen molar-refractivity contribution >= 4 is 41.1 Å². The first kappa shape index (κ1) is 23.9. The fourth-order valence-electron chi connectivity index (χ4n) is 3.23. The van der Waals surface area contributed by atoms with Crippen LogP contribution in [0.1, 0.15) is 22.5 Å². The number of likely N-dealkylation sites (N-methyl/N-ethyl adjacent to an activating group) is 1. The van der Waals surface area contributed by atoms with E-state index >= 15 is 0 Å². The third kappa shape index (κ3) is 6.40. The van der Waals surface area contributed by atoms with Gasteiger partial charge in [-0.3, -0.25) is 9.59 Å². The van der Waals surface area contributed by atoms with Crippen LogP contribution in [0.3, 0.4) is 0 Å². The summed E-state index contributed by atoms with van der Waals surface area (Å²) in [4.78, 5) is 35.8. The van der Waals surface area contributed by atoms with Crippen molar-refractivity contribution in [3.05, 3.63) is 88.3 Å². The number of benzene rings is 2. The van der Waals surface area contributed by atoms with Crippen LogP contribution in [0.5, 0.6) is 0 Å². The van der Waals surface area contributed by atoms with E-state index in [2.05, 4.69) is 9.97 Å². The van der Waals surface area contributed by atoms with Gasteiger partial charge in [-0.1, -0.05) is 54.1 Å². The molecule has 170 valence electrons. The lowest BCUT2D eigenvalue weighted by Crippen LogP contribution is -2.23. The normalized spacial score (nSPS) is 10.9. The van der Waals surface area contributed by atoms with Crippen molar-refractivity contribution in [2.45, 2.75) is 12.8 Å². The van der Waals surface area contributed by atoms with E-state index in [0.29, 0.717) is 23.6 Å². The lowest BCUT2D eigenvalue weighted by atomic mass is 10.1. The predicted octanol–water partition coefficient (Wildman–Crippen LogP) is 4.09. The van der Waals surface area contributed by atoms with Gasteiger partial charge in [0.2, 0.25) is 0 Å². The summed E-state index contributed by atoms with van der Waals surface area (Å²) in [5.74, 6) is -0.157. The zero-order valence-electron chi connectivity index (χ0n) is 18.7. The highest BCUT2D eigenvalue weighted by Gasteiger charge is 2.18. The molecule has 0 spiro atoms. The summed E-state index contributed by atoms with van der Waals surface area (Å²) in [6.45, 7) is 0. The van der Waals surface area contributed by atoms with Crippen LogP contribution < -0.4 is 9.80 Å². The third-order valence-corrected chi connectivity index (χ3v) is 5.28. The molecule has 0 unspecified atom stereocenters. The lowest BCUT2D eigenvalue weighted by Gasteiger charge is -2.18. The first-order valence-corrected chi connectivity index (χ1v) is 10.7. The molecular formula is C25H25ClN4O3. The Morgan fingerprint density at radius 1 is 1.00 bits per heavy atom. The molecule has 1 N–H and O–H groups in total. The van der Waals surface area contributed by atoms with Crippen molar-refractivity contribution in [2.75, 3.05) is 30.9 Å². The second-order valence-corrected chi connectivity index (χ2v) is 8.04. The van der Waals surface area contributed by atoms with Crippen LogP contribution >= 0.6 is 11.6 Å². The molecule has 0 fully saturated rings. The molecule has 0 saturated heterocycles. The Morgan fingerprint density at radius 3 is 2.27 bits per heavy atom. The number of carbonyl (C=O) groups is 2. The van der Waals surface area contributed by atoms with Gasteiger partial charge in [-0.2, -0.15) is 0 Å². The van der Waals surface area contributed by atoms with E-state index in [1.165, 1.54) is 0 Å². The van der Waals surface area contributed by atoms with Gasteiger partial charge in [0.15, 0.2) is 0 Å². The Kier molecular flexibility index (Phi) is 7.79. The fourth-order valence-corrected chi connectivity index (χ4v) is 3.48. The van der Waals surface area contributed by atoms with Crippen molar-refractivity contribution in [2.24, 2.45) is 0 Å². The monoisotopic (exact) mass is 464 g/mol. The van der Waals surface area contributed by atoms with Gasteiger partial charge >= 0.3 is 5.97 Å². The molecule has 0 bridgehead atoms. The number of hydrogen-bond acceptors (Lipinski definition) is 5. The van der Waals surface area contributed by atoms with Crippen LogP contribution in [0.25, 0.3) is 6.08 Å². The van der Waals surface area contributed by atoms with E-state index in [-0.39, 0.29) is 17.5 Å². The first-order valence-electron chi connectivity index (χ1n) is 10.3. The Balaban J connectivity index is 1.73. The number of anilines is 2. The van der Waals surface area contributed by atoms with Crippen LogP contribution in [0.15, 0.2) is 60.7 Å². The van der Waals surface area contributed by atoms with Crippen molar-refractivity contribution < 1.29 is 14.7 Å². The Bertz CT molecular complexity index is 1160. The number of hydrogen-bond donors (Lipinski definition) is 1. The standard InChI is InChI=1S/C25H25ClN4O3/c1-29(2)25-20(16-23(32)33)24(26)27-21(28-25)15-18-9-12-19(13-10-18)30(3)22(31)14-11-17-7-5-4-6-8-17/h4-14H,15-16H2,1-3H3,(H,32,33)/b14-11+. The number of aliphatic carboxylic acids is 1. The molecule has 8 heteroatoms. The molecule has 3 aromatic rings. The van der Waals surface area contributed by atoms with Gasteiger partial charge in [-0.15, -0.1) is 0 Å². The minimum absolute atomic E-state index is 0.133. The van der Waals surface area contributed by atoms with E-state index in [0.717, 1.165) is 16.8 Å². The van der Waals surface area contributed by atoms with Crippen LogP contribution in [0.2, 0.25) is 5.15 Å². The van der Waals surface area contributed by atoms with E-state index in [1.54, 1.807) is 43.1 Å². The van der Waals surface area contributed by atoms with Gasteiger partial charge in [0, 0.05) is 44.9 Å². The number of carboxylic acid groups (broad SMARTS) is 1. The van der Waals surface area contributed by atoms with E-state index < -0.39 is 5.97 Å². The topological polar surface area (TPSA) is 86.6 Å². The fraction of sp³-hybridized carbons (Fsp3) is 0.200. The molecule has 0 saturated carbocycles. The first-order chi connectivity index (χ1) is 15.7. The summed E-state index contributed by atoms with van der Waals surface area (Å²) in [7, 11) is 5.28. The summed E-state index contributed by atoms with van der Waals surface area (Å²) in [5, 5.41) is 9.28. The maximum atomic E-state index is 12.5. The van der Waals surface area contributed by atoms with E-state index in [4.69, 9.17) is 16.7 Å². The molecule has 7 nitrogen and oxygen atoms in total. The number of aromatic nitrogens is 2. The molecule has 33 heavy (non-hydrogen) atoms. The van der Waals surface area contributed by atoms with Gasteiger partial charge in [-0.25, -0.2) is 9.97 Å². The van der Waals surface area contributed by atoms with Crippen molar-refractivity contribution in [1.82, 2.24) is 9.97 Å². The quantitative estimate of drug-likeness (QED) is 0.399. The maximum absolute atomic E-state index is 12.5. The number of carboxylic acids is 1. The lowest BCUT2D eigenvalue weighted by molar-refractivity contribution is -0.136. The second-order valence-electron chi connectivity index (χ2n) is 7.68. The number of nitrogens with zero attached hydrogens (tertiary/aromatic N) is 4. The van der Waals surface area contributed by atoms with Crippen molar-refractivity contribution in [3.63, 3.8) is 0 Å². The number of halogens is 1. The average Bonchev–Trinajstić information content (AvgIpc) is 2.79. The van der Waals surface area contributed by atoms with Gasteiger partial charge < -0.3 is 14.9 Å². The van der Waals surface area contributed by atoms with Crippen LogP contribution in [0.4, 0.5) is 11.5 Å². The van der Waals surface area contributed by atoms with Crippen LogP contribution in [-0.4, -0.2) is 48.1 Å². The summed E-state index contributed by atoms with van der Waals surface area (Å²) in [6, 6.07) is 17.2. The van der Waals surface area contributed by atoms with Crippen molar-refractivity contribution in [3.8, 4) is 0 Å². The smallest absolute Gasteiger partial charge is 0.308 e. The molecule has 0 aliphatic rings. The number of carbonyl (C=O) groups excluding carboxylic acids is 1. The van der Waals surface area contributed by atoms with Gasteiger partial charge in [0.05, 0.1) is 6.42 Å². The Morgan fingerprint density at radius 2 is 1.67 bits per heavy atom. The Hall–Kier alpha value is -3.71. The highest BCUT2D eigenvalue weighted by molar-refractivity contribution is 6.30. The van der Waals surface area contributed by atoms with Crippen molar-refractivity contribution in [1.29, 1.82) is 0 Å². The predicted molar refractivity (Wildman–Crippen MR) is 131 cm³/mol. The molecule has 1 amide bonds. The molecule has 0 aliphatic carbocycles. The van der Waals surface area contributed by atoms with Gasteiger partial charge in [-0.05, 0) is 29.3 Å². The summed E-state index contributed by atoms with van der Waals surface area (Å²) < 4.78 is 0.